The van der Waals surface area contributed by atoms with Gasteiger partial charge in [-0.15, -0.1) is 0 Å². The van der Waals surface area contributed by atoms with Crippen molar-refractivity contribution in [1.29, 1.82) is 0 Å². The summed E-state index contributed by atoms with van der Waals surface area (Å²) in [5.41, 5.74) is 3.63. The van der Waals surface area contributed by atoms with Crippen molar-refractivity contribution in [3.05, 3.63) is 71.9 Å². The van der Waals surface area contributed by atoms with Crippen molar-refractivity contribution in [3.63, 3.8) is 0 Å². The maximum Gasteiger partial charge on any atom is 0.222 e. The van der Waals surface area contributed by atoms with Crippen LogP contribution in [-0.4, -0.2) is 22.3 Å². The van der Waals surface area contributed by atoms with Crippen molar-refractivity contribution < 1.29 is 4.79 Å². The van der Waals surface area contributed by atoms with Crippen LogP contribution < -0.4 is 0 Å². The van der Waals surface area contributed by atoms with Crippen molar-refractivity contribution in [1.82, 2.24) is 9.88 Å². The molecule has 0 aliphatic heterocycles. The van der Waals surface area contributed by atoms with Crippen LogP contribution in [0.5, 0.6) is 0 Å². The molecule has 1 aromatic heterocycles. The molecule has 1 heterocycles. The molecule has 3 nitrogen and oxygen atoms in total. The Labute approximate surface area is 156 Å². The molecule has 0 radical (unpaired) electrons. The van der Waals surface area contributed by atoms with Gasteiger partial charge in [0.15, 0.2) is 0 Å². The maximum atomic E-state index is 12.8. The van der Waals surface area contributed by atoms with E-state index in [0.717, 1.165) is 37.7 Å². The van der Waals surface area contributed by atoms with Crippen LogP contribution in [0.25, 0.3) is 10.9 Å². The van der Waals surface area contributed by atoms with E-state index < -0.39 is 0 Å². The topological polar surface area (TPSA) is 36.1 Å². The molecule has 1 amide bonds. The van der Waals surface area contributed by atoms with Gasteiger partial charge in [0.2, 0.25) is 5.91 Å². The Bertz CT molecular complexity index is 822. The Morgan fingerprint density at radius 2 is 1.77 bits per heavy atom. The first-order valence-corrected chi connectivity index (χ1v) is 9.64. The minimum Gasteiger partial charge on any atom is -0.361 e. The van der Waals surface area contributed by atoms with E-state index in [0.29, 0.717) is 13.0 Å². The lowest BCUT2D eigenvalue weighted by Crippen LogP contribution is -2.32. The minimum atomic E-state index is 0.266. The molecule has 1 N–H and O–H groups in total. The summed E-state index contributed by atoms with van der Waals surface area (Å²) in [4.78, 5) is 18.1. The van der Waals surface area contributed by atoms with E-state index in [-0.39, 0.29) is 5.91 Å². The highest BCUT2D eigenvalue weighted by Crippen LogP contribution is 2.19. The molecule has 2 aromatic carbocycles. The zero-order valence-corrected chi connectivity index (χ0v) is 15.6. The smallest absolute Gasteiger partial charge is 0.222 e. The number of rotatable bonds is 9. The van der Waals surface area contributed by atoms with Crippen LogP contribution in [0.15, 0.2) is 60.8 Å². The van der Waals surface area contributed by atoms with Crippen LogP contribution in [0.3, 0.4) is 0 Å². The third-order valence-corrected chi connectivity index (χ3v) is 4.89. The summed E-state index contributed by atoms with van der Waals surface area (Å²) in [6.45, 7) is 3.61. The van der Waals surface area contributed by atoms with E-state index in [2.05, 4.69) is 48.4 Å². The van der Waals surface area contributed by atoms with Crippen molar-refractivity contribution in [3.8, 4) is 0 Å². The van der Waals surface area contributed by atoms with Gasteiger partial charge in [0.05, 0.1) is 0 Å². The van der Waals surface area contributed by atoms with E-state index in [1.54, 1.807) is 0 Å². The lowest BCUT2D eigenvalue weighted by Gasteiger charge is -2.23. The predicted molar refractivity (Wildman–Crippen MR) is 108 cm³/mol. The lowest BCUT2D eigenvalue weighted by molar-refractivity contribution is -0.131. The third kappa shape index (κ3) is 4.75. The molecule has 0 saturated carbocycles. The van der Waals surface area contributed by atoms with Gasteiger partial charge in [-0.25, -0.2) is 0 Å². The first-order chi connectivity index (χ1) is 12.8. The minimum absolute atomic E-state index is 0.266. The largest absolute Gasteiger partial charge is 0.361 e. The average Bonchev–Trinajstić information content (AvgIpc) is 3.09. The summed E-state index contributed by atoms with van der Waals surface area (Å²) in [5.74, 6) is 0.266. The molecule has 0 atom stereocenters. The fourth-order valence-electron chi connectivity index (χ4n) is 3.37. The number of nitrogens with zero attached hydrogens (tertiary/aromatic N) is 1. The Kier molecular flexibility index (Phi) is 6.48. The number of benzene rings is 2. The van der Waals surface area contributed by atoms with Crippen LogP contribution in [0.4, 0.5) is 0 Å². The van der Waals surface area contributed by atoms with Crippen LogP contribution in [0.1, 0.15) is 43.7 Å². The second-order valence-corrected chi connectivity index (χ2v) is 6.87. The summed E-state index contributed by atoms with van der Waals surface area (Å²) in [7, 11) is 0. The SMILES string of the molecule is CCCCCC(=O)N(CCc1c[nH]c2ccccc12)Cc1ccccc1. The molecular weight excluding hydrogens is 320 g/mol. The van der Waals surface area contributed by atoms with Crippen molar-refractivity contribution in [2.75, 3.05) is 6.54 Å². The number of carbonyl (C=O) groups excluding carboxylic acids is 1. The Hall–Kier alpha value is -2.55. The first-order valence-electron chi connectivity index (χ1n) is 9.64. The monoisotopic (exact) mass is 348 g/mol. The normalized spacial score (nSPS) is 11.0. The third-order valence-electron chi connectivity index (χ3n) is 4.89. The molecule has 0 spiro atoms. The number of aromatic amines is 1. The summed E-state index contributed by atoms with van der Waals surface area (Å²) < 4.78 is 0. The van der Waals surface area contributed by atoms with Gasteiger partial charge in [0.1, 0.15) is 0 Å². The molecule has 136 valence electrons. The van der Waals surface area contributed by atoms with Crippen LogP contribution in [-0.2, 0) is 17.8 Å². The van der Waals surface area contributed by atoms with E-state index in [4.69, 9.17) is 0 Å². The van der Waals surface area contributed by atoms with Crippen LogP contribution in [0, 0.1) is 0 Å². The maximum absolute atomic E-state index is 12.8. The number of para-hydroxylation sites is 1. The molecule has 26 heavy (non-hydrogen) atoms. The number of nitrogens with one attached hydrogen (secondary N) is 1. The van der Waals surface area contributed by atoms with E-state index >= 15 is 0 Å². The number of unbranched alkanes of at least 4 members (excludes halogenated alkanes) is 2. The second-order valence-electron chi connectivity index (χ2n) is 6.87. The predicted octanol–water partition coefficient (Wildman–Crippen LogP) is 5.32. The number of hydrogen-bond donors (Lipinski definition) is 1. The number of H-pyrrole nitrogens is 1. The van der Waals surface area contributed by atoms with Gasteiger partial charge in [-0.2, -0.15) is 0 Å². The number of hydrogen-bond acceptors (Lipinski definition) is 1. The number of carbonyl (C=O) groups is 1. The Morgan fingerprint density at radius 3 is 2.58 bits per heavy atom. The number of fused-ring (bicyclic) bond motifs is 1. The highest BCUT2D eigenvalue weighted by atomic mass is 16.2. The molecule has 0 bridgehead atoms. The standard InChI is InChI=1S/C23H28N2O/c1-2-3-5-14-23(26)25(18-19-10-6-4-7-11-19)16-15-20-17-24-22-13-9-8-12-21(20)22/h4,6-13,17,24H,2-3,5,14-16,18H2,1H3. The van der Waals surface area contributed by atoms with Crippen molar-refractivity contribution in [2.24, 2.45) is 0 Å². The van der Waals surface area contributed by atoms with Crippen molar-refractivity contribution in [2.45, 2.75) is 45.6 Å². The summed E-state index contributed by atoms with van der Waals surface area (Å²) in [6, 6.07) is 18.6. The molecule has 3 aromatic rings. The zero-order valence-electron chi connectivity index (χ0n) is 15.6. The summed E-state index contributed by atoms with van der Waals surface area (Å²) in [5, 5.41) is 1.26. The van der Waals surface area contributed by atoms with E-state index in [9.17, 15) is 4.79 Å². The van der Waals surface area contributed by atoms with Crippen molar-refractivity contribution >= 4 is 16.8 Å². The molecular formula is C23H28N2O. The van der Waals surface area contributed by atoms with Gasteiger partial charge in [0.25, 0.3) is 0 Å². The summed E-state index contributed by atoms with van der Waals surface area (Å²) in [6.07, 6.45) is 6.83. The van der Waals surface area contributed by atoms with Crippen LogP contribution >= 0.6 is 0 Å². The van der Waals surface area contributed by atoms with Gasteiger partial charge in [-0.1, -0.05) is 68.3 Å². The van der Waals surface area contributed by atoms with Gasteiger partial charge in [-0.05, 0) is 30.0 Å². The quantitative estimate of drug-likeness (QED) is 0.522. The molecule has 3 rings (SSSR count). The zero-order chi connectivity index (χ0) is 18.2. The lowest BCUT2D eigenvalue weighted by atomic mass is 10.1. The highest BCUT2D eigenvalue weighted by Gasteiger charge is 2.14. The molecule has 0 aliphatic carbocycles. The van der Waals surface area contributed by atoms with Gasteiger partial charge in [-0.3, -0.25) is 4.79 Å². The number of aromatic nitrogens is 1. The molecule has 3 heteroatoms. The highest BCUT2D eigenvalue weighted by molar-refractivity contribution is 5.83. The van der Waals surface area contributed by atoms with Crippen LogP contribution in [0.2, 0.25) is 0 Å². The van der Waals surface area contributed by atoms with E-state index in [1.807, 2.05) is 29.2 Å². The molecule has 0 fully saturated rings. The summed E-state index contributed by atoms with van der Waals surface area (Å²) >= 11 is 0. The first kappa shape index (κ1) is 18.2. The second kappa shape index (κ2) is 9.23. The molecule has 0 aliphatic rings. The fourth-order valence-corrected chi connectivity index (χ4v) is 3.37. The van der Waals surface area contributed by atoms with Gasteiger partial charge in [0, 0.05) is 36.6 Å². The molecule has 0 saturated heterocycles. The number of amides is 1. The van der Waals surface area contributed by atoms with Gasteiger partial charge < -0.3 is 9.88 Å². The van der Waals surface area contributed by atoms with E-state index in [1.165, 1.54) is 16.5 Å². The molecule has 0 unspecified atom stereocenters. The Balaban J connectivity index is 1.69. The Morgan fingerprint density at radius 1 is 1.00 bits per heavy atom. The average molecular weight is 348 g/mol. The fraction of sp³-hybridized carbons (Fsp3) is 0.348. The van der Waals surface area contributed by atoms with Gasteiger partial charge >= 0.3 is 0 Å².